The fourth-order valence-electron chi connectivity index (χ4n) is 13.6. The van der Waals surface area contributed by atoms with E-state index in [1.165, 1.54) is 0 Å². The van der Waals surface area contributed by atoms with Gasteiger partial charge < -0.3 is 59.8 Å². The van der Waals surface area contributed by atoms with Crippen LogP contribution in [0.1, 0.15) is 114 Å². The monoisotopic (exact) mass is 1130 g/mol. The number of aromatic hydroxyl groups is 1. The fraction of sp³-hybridized carbons (Fsp3) is 0.532. The van der Waals surface area contributed by atoms with Gasteiger partial charge in [-0.25, -0.2) is 9.97 Å². The average molecular weight is 1140 g/mol. The zero-order valence-corrected chi connectivity index (χ0v) is 48.4. The summed E-state index contributed by atoms with van der Waals surface area (Å²) in [5, 5.41) is 37.6. The number of amides is 2. The van der Waals surface area contributed by atoms with E-state index in [9.17, 15) is 19.8 Å². The highest BCUT2D eigenvalue weighted by atomic mass is 32.1. The zero-order valence-electron chi connectivity index (χ0n) is 47.6. The van der Waals surface area contributed by atoms with Crippen LogP contribution in [0.15, 0.2) is 89.0 Å². The Balaban J connectivity index is 0.567. The van der Waals surface area contributed by atoms with Gasteiger partial charge in [-0.15, -0.1) is 21.5 Å². The van der Waals surface area contributed by atoms with Gasteiger partial charge in [-0.3, -0.25) is 9.59 Å². The third-order valence-corrected chi connectivity index (χ3v) is 19.2. The van der Waals surface area contributed by atoms with Gasteiger partial charge in [0.05, 0.1) is 51.8 Å². The van der Waals surface area contributed by atoms with Crippen molar-refractivity contribution in [3.05, 3.63) is 102 Å². The first kappa shape index (κ1) is 55.7. The summed E-state index contributed by atoms with van der Waals surface area (Å²) >= 11 is 1.61. The molecule has 6 aliphatic rings. The summed E-state index contributed by atoms with van der Waals surface area (Å²) < 4.78 is 19.1. The van der Waals surface area contributed by atoms with Gasteiger partial charge in [-0.05, 0) is 99.1 Å². The number of hydrogen-bond donors (Lipinski definition) is 4. The molecule has 6 aromatic rings. The first-order chi connectivity index (χ1) is 39.8. The van der Waals surface area contributed by atoms with Gasteiger partial charge in [0.25, 0.3) is 0 Å². The lowest BCUT2D eigenvalue weighted by Gasteiger charge is -2.43. The highest BCUT2D eigenvalue weighted by molar-refractivity contribution is 7.13. The van der Waals surface area contributed by atoms with Crippen molar-refractivity contribution in [3.8, 4) is 33.3 Å². The molecule has 82 heavy (non-hydrogen) atoms. The van der Waals surface area contributed by atoms with Crippen molar-refractivity contribution < 1.29 is 33.8 Å². The van der Waals surface area contributed by atoms with Crippen molar-refractivity contribution in [2.75, 3.05) is 72.8 Å². The first-order valence-corrected chi connectivity index (χ1v) is 30.7. The average Bonchev–Trinajstić information content (AvgIpc) is 4.40. The number of likely N-dealkylation sites (tertiary alicyclic amines) is 2. The molecule has 4 aromatic heterocycles. The fourth-order valence-corrected chi connectivity index (χ4v) is 14.5. The summed E-state index contributed by atoms with van der Waals surface area (Å²) in [5.41, 5.74) is 14.5. The van der Waals surface area contributed by atoms with Crippen molar-refractivity contribution >= 4 is 46.2 Å². The summed E-state index contributed by atoms with van der Waals surface area (Å²) in [6.45, 7) is 14.6. The quantitative estimate of drug-likeness (QED) is 0.0634. The number of pyridine rings is 1. The number of piperidine rings is 2. The molecule has 0 radical (unpaired) electrons. The van der Waals surface area contributed by atoms with Crippen LogP contribution < -0.4 is 30.5 Å². The summed E-state index contributed by atoms with van der Waals surface area (Å²) in [6, 6.07) is 23.0. The van der Waals surface area contributed by atoms with E-state index >= 15 is 0 Å². The Bertz CT molecular complexity index is 3160. The number of phenols is 1. The van der Waals surface area contributed by atoms with Crippen LogP contribution in [0.3, 0.4) is 0 Å². The molecule has 5 saturated heterocycles. The maximum Gasteiger partial charge on any atom is 0.243 e. The van der Waals surface area contributed by atoms with Gasteiger partial charge in [0.2, 0.25) is 17.7 Å². The minimum absolute atomic E-state index is 0.0859. The number of nitrogens with two attached hydrogens (primary N) is 1. The molecule has 6 atom stereocenters. The maximum atomic E-state index is 14.5. The van der Waals surface area contributed by atoms with Crippen LogP contribution >= 0.6 is 11.3 Å². The number of nitrogens with zero attached hydrogens (tertiary/aromatic N) is 10. The molecule has 19 nitrogen and oxygen atoms in total. The van der Waals surface area contributed by atoms with Gasteiger partial charge >= 0.3 is 0 Å². The standard InChI is InChI=1S/C62H78N12O7S/c1-5-50(40-10-12-41(13-11-40)59-38(4)65-36-82-59)66-61(77)53-27-45(75)35-73(53)62(78)58(37(2)3)55-31-56(69-81-55)71-24-17-39(18-25-71)32-70-22-19-46(20-23-70)79-47-28-48(29-47)80-57-26-42(16-21-64-57)74-43-14-15-44(74)34-72(33-43)52-30-51(67-68-60(52)63)49-8-6-7-9-54(49)76/h6-13,16,21,26,30-31,36-37,39,43-48,50,53,58,75-76H,5,14-15,17-20,22-25,27-29,32-35H2,1-4H3,(H2,63,68)(H,66,77)/t43?,44?,45-,47?,48?,50+,53+,58-/m1/s1. The topological polar surface area (TPSA) is 225 Å². The number of nitrogen functional groups attached to an aromatic ring is 1. The molecule has 0 spiro atoms. The number of phenolic OH excluding ortho intramolecular Hbond substituents is 1. The van der Waals surface area contributed by atoms with Crippen molar-refractivity contribution in [1.29, 1.82) is 0 Å². The number of benzene rings is 2. The van der Waals surface area contributed by atoms with Crippen molar-refractivity contribution in [1.82, 2.24) is 40.4 Å². The molecule has 12 rings (SSSR count). The van der Waals surface area contributed by atoms with E-state index in [4.69, 9.17) is 19.7 Å². The minimum atomic E-state index is -0.803. The largest absolute Gasteiger partial charge is 0.507 e. The van der Waals surface area contributed by atoms with Crippen LogP contribution in [0, 0.1) is 18.8 Å². The summed E-state index contributed by atoms with van der Waals surface area (Å²) in [5.74, 6) is 1.74. The van der Waals surface area contributed by atoms with E-state index in [0.29, 0.717) is 53.1 Å². The molecular weight excluding hydrogens is 1060 g/mol. The number of fused-ring (bicyclic) bond motifs is 2. The SMILES string of the molecule is CC[C@H](NC(=O)[C@@H]1C[C@@H](O)CN1C(=O)[C@@H](c1cc(N2CCC(CN3CCC(OC4CC(Oc5cc(N6C7CCC6CN(c6cc(-c8ccccc8O)nnc6N)C7)ccn5)C4)CC3)CC2)no1)C(C)C)c1ccc(-c2scnc2C)cc1. The number of carbonyl (C=O) groups excluding carboxylic acids is 2. The molecular formula is C62H78N12O7S. The number of anilines is 4. The number of aliphatic hydroxyl groups excluding tert-OH is 1. The predicted octanol–water partition coefficient (Wildman–Crippen LogP) is 8.38. The Labute approximate surface area is 484 Å². The number of thiazole rings is 1. The van der Waals surface area contributed by atoms with Crippen LogP contribution in [0.25, 0.3) is 21.7 Å². The Morgan fingerprint density at radius 2 is 1.61 bits per heavy atom. The van der Waals surface area contributed by atoms with E-state index in [1.54, 1.807) is 28.4 Å². The molecule has 2 amide bonds. The highest BCUT2D eigenvalue weighted by Gasteiger charge is 2.45. The van der Waals surface area contributed by atoms with Gasteiger partial charge in [0.15, 0.2) is 17.4 Å². The number of piperazine rings is 1. The molecule has 2 aromatic carbocycles. The predicted molar refractivity (Wildman–Crippen MR) is 316 cm³/mol. The number of rotatable bonds is 18. The maximum absolute atomic E-state index is 14.5. The van der Waals surface area contributed by atoms with Gasteiger partial charge in [0.1, 0.15) is 23.8 Å². The Morgan fingerprint density at radius 1 is 0.854 bits per heavy atom. The molecule has 2 bridgehead atoms. The van der Waals surface area contributed by atoms with E-state index in [0.717, 1.165) is 136 Å². The number of ether oxygens (including phenoxy) is 2. The van der Waals surface area contributed by atoms with Crippen LogP contribution in [0.4, 0.5) is 23.0 Å². The van der Waals surface area contributed by atoms with E-state index in [-0.39, 0.29) is 60.8 Å². The van der Waals surface area contributed by atoms with Crippen molar-refractivity contribution in [2.45, 2.75) is 146 Å². The van der Waals surface area contributed by atoms with Crippen molar-refractivity contribution in [3.63, 3.8) is 0 Å². The normalized spacial score (nSPS) is 24.2. The lowest BCUT2D eigenvalue weighted by Crippen LogP contribution is -2.54. The highest BCUT2D eigenvalue weighted by Crippen LogP contribution is 2.41. The number of β-amino-alcohol motifs (C(OH)–C–C–N with tert-alkyl or cyclic N) is 1. The number of aromatic nitrogens is 5. The molecule has 2 unspecified atom stereocenters. The molecule has 5 N–H and O–H groups in total. The second kappa shape index (κ2) is 24.1. The molecule has 434 valence electrons. The van der Waals surface area contributed by atoms with E-state index in [2.05, 4.69) is 74.5 Å². The van der Waals surface area contributed by atoms with Gasteiger partial charge in [-0.2, -0.15) is 0 Å². The lowest BCUT2D eigenvalue weighted by atomic mass is 9.91. The summed E-state index contributed by atoms with van der Waals surface area (Å²) in [7, 11) is 0. The Kier molecular flexibility index (Phi) is 16.4. The zero-order chi connectivity index (χ0) is 56.6. The number of nitrogens with one attached hydrogen (secondary N) is 1. The van der Waals surface area contributed by atoms with Gasteiger partial charge in [-0.1, -0.05) is 62.3 Å². The second-order valence-electron chi connectivity index (χ2n) is 24.0. The molecule has 9 heterocycles. The summed E-state index contributed by atoms with van der Waals surface area (Å²) in [6.07, 6.45) is 10.5. The van der Waals surface area contributed by atoms with E-state index < -0.39 is 18.1 Å². The Hall–Kier alpha value is -6.87. The third kappa shape index (κ3) is 11.9. The molecule has 20 heteroatoms. The Morgan fingerprint density at radius 3 is 2.32 bits per heavy atom. The van der Waals surface area contributed by atoms with Crippen LogP contribution in [-0.4, -0.2) is 152 Å². The number of hydrogen-bond acceptors (Lipinski definition) is 18. The third-order valence-electron chi connectivity index (χ3n) is 18.2. The number of aryl methyl sites for hydroxylation is 1. The van der Waals surface area contributed by atoms with Crippen LogP contribution in [-0.2, 0) is 14.3 Å². The molecule has 1 saturated carbocycles. The van der Waals surface area contributed by atoms with Crippen LogP contribution in [0.5, 0.6) is 11.6 Å². The van der Waals surface area contributed by atoms with Gasteiger partial charge in [0, 0.05) is 113 Å². The van der Waals surface area contributed by atoms with Crippen LogP contribution in [0.2, 0.25) is 0 Å². The summed E-state index contributed by atoms with van der Waals surface area (Å²) in [4.78, 5) is 49.9. The molecule has 1 aliphatic carbocycles. The molecule has 5 aliphatic heterocycles. The minimum Gasteiger partial charge on any atom is -0.507 e. The number of para-hydroxylation sites is 1. The lowest BCUT2D eigenvalue weighted by molar-refractivity contribution is -0.141. The molecule has 6 fully saturated rings. The number of carbonyl (C=O) groups is 2. The first-order valence-electron chi connectivity index (χ1n) is 29.8. The van der Waals surface area contributed by atoms with E-state index in [1.807, 2.05) is 75.8 Å². The second-order valence-corrected chi connectivity index (χ2v) is 24.9. The van der Waals surface area contributed by atoms with Crippen molar-refractivity contribution in [2.24, 2.45) is 11.8 Å². The number of aliphatic hydroxyl groups is 1. The smallest absolute Gasteiger partial charge is 0.243 e.